The van der Waals surface area contributed by atoms with E-state index < -0.39 is 0 Å². The highest BCUT2D eigenvalue weighted by atomic mass is 35.5. The zero-order valence-electron chi connectivity index (χ0n) is 16.1. The Morgan fingerprint density at radius 1 is 1.22 bits per heavy atom. The van der Waals surface area contributed by atoms with Crippen molar-refractivity contribution in [2.75, 3.05) is 38.8 Å². The van der Waals surface area contributed by atoms with Crippen LogP contribution in [-0.4, -0.2) is 44.0 Å². The van der Waals surface area contributed by atoms with Crippen molar-refractivity contribution in [1.82, 2.24) is 4.90 Å². The number of hydrazone groups is 1. The van der Waals surface area contributed by atoms with Crippen molar-refractivity contribution >= 4 is 23.0 Å². The van der Waals surface area contributed by atoms with E-state index in [0.717, 1.165) is 71.7 Å². The van der Waals surface area contributed by atoms with Gasteiger partial charge in [-0.3, -0.25) is 10.3 Å². The highest BCUT2D eigenvalue weighted by molar-refractivity contribution is 6.31. The van der Waals surface area contributed by atoms with Gasteiger partial charge in [-0.15, -0.1) is 0 Å². The van der Waals surface area contributed by atoms with Crippen molar-refractivity contribution in [3.63, 3.8) is 0 Å². The van der Waals surface area contributed by atoms with Gasteiger partial charge in [0.2, 0.25) is 0 Å². The Bertz CT molecular complexity index is 817. The minimum absolute atomic E-state index is 0.727. The predicted octanol–water partition coefficient (Wildman–Crippen LogP) is 4.33. The fourth-order valence-electron chi connectivity index (χ4n) is 3.00. The van der Waals surface area contributed by atoms with Gasteiger partial charge in [-0.05, 0) is 55.3 Å². The monoisotopic (exact) mass is 387 g/mol. The molecule has 0 spiro atoms. The number of halogens is 1. The first kappa shape index (κ1) is 19.7. The molecule has 0 saturated carbocycles. The van der Waals surface area contributed by atoms with Crippen LogP contribution in [0.2, 0.25) is 5.02 Å². The average Bonchev–Trinajstić information content (AvgIpc) is 2.69. The molecule has 1 fully saturated rings. The fraction of sp³-hybridized carbons (Fsp3) is 0.381. The number of ether oxygens (including phenoxy) is 2. The molecule has 1 heterocycles. The number of hydrogen-bond acceptors (Lipinski definition) is 5. The van der Waals surface area contributed by atoms with Gasteiger partial charge in [-0.2, -0.15) is 5.10 Å². The third-order valence-electron chi connectivity index (χ3n) is 4.72. The number of rotatable bonds is 6. The Kier molecular flexibility index (Phi) is 6.72. The van der Waals surface area contributed by atoms with Crippen LogP contribution in [0, 0.1) is 6.92 Å². The first-order valence-corrected chi connectivity index (χ1v) is 9.48. The Labute approximate surface area is 165 Å². The van der Waals surface area contributed by atoms with E-state index in [2.05, 4.69) is 21.5 Å². The van der Waals surface area contributed by atoms with Crippen molar-refractivity contribution in [2.45, 2.75) is 20.4 Å². The lowest BCUT2D eigenvalue weighted by molar-refractivity contribution is 0.0339. The Balaban J connectivity index is 1.75. The third kappa shape index (κ3) is 5.22. The lowest BCUT2D eigenvalue weighted by Crippen LogP contribution is -2.35. The topological polar surface area (TPSA) is 46.1 Å². The molecule has 2 aromatic rings. The van der Waals surface area contributed by atoms with Gasteiger partial charge in [0, 0.05) is 30.2 Å². The van der Waals surface area contributed by atoms with Crippen molar-refractivity contribution < 1.29 is 9.47 Å². The molecule has 0 atom stereocenters. The molecule has 3 rings (SSSR count). The van der Waals surface area contributed by atoms with Gasteiger partial charge in [0.25, 0.3) is 0 Å². The lowest BCUT2D eigenvalue weighted by Gasteiger charge is -2.27. The molecule has 0 amide bonds. The standard InChI is InChI=1S/C21H26ClN3O2/c1-15-4-6-19(13-20(15)22)24-23-16(2)17-5-7-21(26-3)18(12-17)14-25-8-10-27-11-9-25/h4-7,12-13,24H,8-11,14H2,1-3H3/b23-16-. The summed E-state index contributed by atoms with van der Waals surface area (Å²) in [6.45, 7) is 8.26. The number of anilines is 1. The van der Waals surface area contributed by atoms with Gasteiger partial charge in [-0.25, -0.2) is 0 Å². The van der Waals surface area contributed by atoms with Gasteiger partial charge in [0.05, 0.1) is 31.7 Å². The van der Waals surface area contributed by atoms with Crippen LogP contribution >= 0.6 is 11.6 Å². The quantitative estimate of drug-likeness (QED) is 0.592. The molecule has 0 aromatic heterocycles. The largest absolute Gasteiger partial charge is 0.496 e. The molecule has 6 heteroatoms. The molecule has 2 aromatic carbocycles. The summed E-state index contributed by atoms with van der Waals surface area (Å²) >= 11 is 6.18. The van der Waals surface area contributed by atoms with Crippen molar-refractivity contribution in [2.24, 2.45) is 5.10 Å². The lowest BCUT2D eigenvalue weighted by atomic mass is 10.1. The molecule has 0 bridgehead atoms. The summed E-state index contributed by atoms with van der Waals surface area (Å²) in [7, 11) is 1.71. The number of aryl methyl sites for hydroxylation is 1. The maximum Gasteiger partial charge on any atom is 0.123 e. The SMILES string of the molecule is COc1ccc(/C(C)=N\Nc2ccc(C)c(Cl)c2)cc1CN1CCOCC1. The first-order valence-electron chi connectivity index (χ1n) is 9.10. The van der Waals surface area contributed by atoms with E-state index in [1.54, 1.807) is 7.11 Å². The average molecular weight is 388 g/mol. The van der Waals surface area contributed by atoms with E-state index in [4.69, 9.17) is 21.1 Å². The van der Waals surface area contributed by atoms with Gasteiger partial charge >= 0.3 is 0 Å². The van der Waals surface area contributed by atoms with E-state index in [0.29, 0.717) is 0 Å². The van der Waals surface area contributed by atoms with Crippen molar-refractivity contribution in [3.8, 4) is 5.75 Å². The van der Waals surface area contributed by atoms with E-state index >= 15 is 0 Å². The highest BCUT2D eigenvalue weighted by Crippen LogP contribution is 2.23. The number of nitrogens with zero attached hydrogens (tertiary/aromatic N) is 2. The van der Waals surface area contributed by atoms with Gasteiger partial charge in [-0.1, -0.05) is 17.7 Å². The normalized spacial score (nSPS) is 15.6. The molecule has 1 aliphatic heterocycles. The predicted molar refractivity (Wildman–Crippen MR) is 111 cm³/mol. The van der Waals surface area contributed by atoms with Crippen LogP contribution in [0.15, 0.2) is 41.5 Å². The zero-order valence-corrected chi connectivity index (χ0v) is 16.8. The summed E-state index contributed by atoms with van der Waals surface area (Å²) in [5.74, 6) is 0.899. The summed E-state index contributed by atoms with van der Waals surface area (Å²) in [4.78, 5) is 2.38. The summed E-state index contributed by atoms with van der Waals surface area (Å²) in [6, 6.07) is 12.0. The number of benzene rings is 2. The zero-order chi connectivity index (χ0) is 19.2. The van der Waals surface area contributed by atoms with Crippen LogP contribution in [0.5, 0.6) is 5.75 Å². The highest BCUT2D eigenvalue weighted by Gasteiger charge is 2.14. The molecule has 1 aliphatic rings. The second-order valence-electron chi connectivity index (χ2n) is 6.69. The third-order valence-corrected chi connectivity index (χ3v) is 5.13. The number of hydrogen-bond donors (Lipinski definition) is 1. The van der Waals surface area contributed by atoms with Crippen LogP contribution in [0.4, 0.5) is 5.69 Å². The molecule has 5 nitrogen and oxygen atoms in total. The van der Waals surface area contributed by atoms with Crippen molar-refractivity contribution in [3.05, 3.63) is 58.1 Å². The van der Waals surface area contributed by atoms with Gasteiger partial charge in [0.15, 0.2) is 0 Å². The smallest absolute Gasteiger partial charge is 0.123 e. The second-order valence-corrected chi connectivity index (χ2v) is 7.10. The van der Waals surface area contributed by atoms with Gasteiger partial charge < -0.3 is 9.47 Å². The summed E-state index contributed by atoms with van der Waals surface area (Å²) in [5, 5.41) is 5.24. The molecule has 0 unspecified atom stereocenters. The summed E-state index contributed by atoms with van der Waals surface area (Å²) < 4.78 is 11.0. The van der Waals surface area contributed by atoms with Crippen LogP contribution in [0.3, 0.4) is 0 Å². The molecular formula is C21H26ClN3O2. The van der Waals surface area contributed by atoms with Crippen LogP contribution in [-0.2, 0) is 11.3 Å². The van der Waals surface area contributed by atoms with E-state index in [9.17, 15) is 0 Å². The second kappa shape index (κ2) is 9.22. The Hall–Kier alpha value is -2.08. The van der Waals surface area contributed by atoms with Crippen LogP contribution in [0.25, 0.3) is 0 Å². The first-order chi connectivity index (χ1) is 13.1. The van der Waals surface area contributed by atoms with Crippen LogP contribution in [0.1, 0.15) is 23.6 Å². The maximum absolute atomic E-state index is 6.18. The summed E-state index contributed by atoms with van der Waals surface area (Å²) in [5.41, 5.74) is 8.12. The number of methoxy groups -OCH3 is 1. The maximum atomic E-state index is 6.18. The molecule has 27 heavy (non-hydrogen) atoms. The Morgan fingerprint density at radius 2 is 2.00 bits per heavy atom. The number of nitrogens with one attached hydrogen (secondary N) is 1. The molecule has 0 radical (unpaired) electrons. The minimum Gasteiger partial charge on any atom is -0.496 e. The van der Waals surface area contributed by atoms with E-state index in [1.807, 2.05) is 44.2 Å². The summed E-state index contributed by atoms with van der Waals surface area (Å²) in [6.07, 6.45) is 0. The minimum atomic E-state index is 0.727. The van der Waals surface area contributed by atoms with Crippen molar-refractivity contribution in [1.29, 1.82) is 0 Å². The van der Waals surface area contributed by atoms with Gasteiger partial charge in [0.1, 0.15) is 5.75 Å². The molecule has 0 aliphatic carbocycles. The Morgan fingerprint density at radius 3 is 2.70 bits per heavy atom. The molecule has 1 N–H and O–H groups in total. The molecular weight excluding hydrogens is 362 g/mol. The van der Waals surface area contributed by atoms with Crippen LogP contribution < -0.4 is 10.2 Å². The molecule has 1 saturated heterocycles. The molecule has 144 valence electrons. The fourth-order valence-corrected chi connectivity index (χ4v) is 3.18. The van der Waals surface area contributed by atoms with E-state index in [-0.39, 0.29) is 0 Å². The van der Waals surface area contributed by atoms with E-state index in [1.165, 1.54) is 0 Å². The number of morpholine rings is 1.